The third kappa shape index (κ3) is 4.16. The van der Waals surface area contributed by atoms with Crippen LogP contribution >= 0.6 is 24.0 Å². The number of thiocarbonyl (C=S) groups is 1. The summed E-state index contributed by atoms with van der Waals surface area (Å²) in [7, 11) is -1.12. The number of aryl methyl sites for hydroxylation is 1. The number of carbonyl (C=O) groups excluding carboxylic acids is 1. The minimum atomic E-state index is -3.17. The molecule has 2 aromatic heterocycles. The van der Waals surface area contributed by atoms with E-state index >= 15 is 0 Å². The molecule has 12 heteroatoms. The summed E-state index contributed by atoms with van der Waals surface area (Å²) in [5.74, 6) is 0.172. The van der Waals surface area contributed by atoms with Gasteiger partial charge < -0.3 is 9.80 Å². The van der Waals surface area contributed by atoms with E-state index in [1.807, 2.05) is 13.0 Å². The van der Waals surface area contributed by atoms with Gasteiger partial charge in [0.05, 0.1) is 28.0 Å². The molecular formula is C22H25N5O4S3. The van der Waals surface area contributed by atoms with E-state index in [9.17, 15) is 18.0 Å². The van der Waals surface area contributed by atoms with Crippen LogP contribution in [0.1, 0.15) is 17.5 Å². The number of nitrogens with zero attached hydrogens (tertiary/aromatic N) is 5. The lowest BCUT2D eigenvalue weighted by Gasteiger charge is -2.34. The van der Waals surface area contributed by atoms with Crippen LogP contribution in [0, 0.1) is 6.92 Å². The number of rotatable bonds is 3. The first-order valence-electron chi connectivity index (χ1n) is 11.1. The maximum absolute atomic E-state index is 13.6. The first-order chi connectivity index (χ1) is 16.1. The molecule has 9 nitrogen and oxygen atoms in total. The van der Waals surface area contributed by atoms with Crippen molar-refractivity contribution in [1.29, 1.82) is 0 Å². The van der Waals surface area contributed by atoms with Crippen LogP contribution in [0.4, 0.5) is 5.82 Å². The third-order valence-corrected chi connectivity index (χ3v) is 9.62. The average Bonchev–Trinajstić information content (AvgIpc) is 3.28. The molecule has 3 fully saturated rings. The zero-order chi connectivity index (χ0) is 24.2. The number of piperazine rings is 1. The van der Waals surface area contributed by atoms with E-state index < -0.39 is 15.9 Å². The van der Waals surface area contributed by atoms with Gasteiger partial charge in [-0.05, 0) is 38.1 Å². The summed E-state index contributed by atoms with van der Waals surface area (Å²) in [5.41, 5.74) is 1.56. The number of likely N-dealkylation sites (N-methyl/N-ethyl adjacent to an activating group) is 1. The third-order valence-electron chi connectivity index (χ3n) is 6.54. The van der Waals surface area contributed by atoms with Gasteiger partial charge in [-0.25, -0.2) is 13.4 Å². The fourth-order valence-corrected chi connectivity index (χ4v) is 7.67. The molecule has 5 rings (SSSR count). The SMILES string of the molecule is Cc1cccn2c(=O)c(/C=C3/SC(=S)N(C4CCS(=O)(=O)C4)C3=O)c(N3CCN(C)CC3)nc12. The lowest BCUT2D eigenvalue weighted by molar-refractivity contribution is -0.123. The van der Waals surface area contributed by atoms with Crippen LogP contribution in [-0.2, 0) is 14.6 Å². The van der Waals surface area contributed by atoms with Crippen LogP contribution in [-0.4, -0.2) is 88.6 Å². The van der Waals surface area contributed by atoms with Gasteiger partial charge >= 0.3 is 0 Å². The summed E-state index contributed by atoms with van der Waals surface area (Å²) in [6.07, 6.45) is 3.63. The van der Waals surface area contributed by atoms with Crippen molar-refractivity contribution in [2.24, 2.45) is 0 Å². The number of fused-ring (bicyclic) bond motifs is 1. The summed E-state index contributed by atoms with van der Waals surface area (Å²) >= 11 is 6.55. The summed E-state index contributed by atoms with van der Waals surface area (Å²) < 4.78 is 25.7. The molecule has 0 radical (unpaired) electrons. The number of aromatic nitrogens is 2. The Morgan fingerprint density at radius 3 is 2.62 bits per heavy atom. The Balaban J connectivity index is 1.60. The second kappa shape index (κ2) is 8.74. The number of amides is 1. The molecule has 0 spiro atoms. The summed E-state index contributed by atoms with van der Waals surface area (Å²) in [6, 6.07) is 3.25. The Bertz CT molecular complexity index is 1390. The molecule has 1 unspecified atom stereocenters. The van der Waals surface area contributed by atoms with Gasteiger partial charge in [0.2, 0.25) is 0 Å². The molecule has 0 saturated carbocycles. The normalized spacial score (nSPS) is 24.6. The summed E-state index contributed by atoms with van der Waals surface area (Å²) in [4.78, 5) is 37.8. The zero-order valence-corrected chi connectivity index (χ0v) is 21.4. The molecule has 2 aromatic rings. The molecule has 0 aliphatic carbocycles. The van der Waals surface area contributed by atoms with Crippen molar-refractivity contribution in [3.05, 3.63) is 44.7 Å². The van der Waals surface area contributed by atoms with Gasteiger partial charge in [-0.1, -0.05) is 30.0 Å². The lowest BCUT2D eigenvalue weighted by Crippen LogP contribution is -2.45. The number of hydrogen-bond acceptors (Lipinski definition) is 9. The molecule has 3 aliphatic rings. The van der Waals surface area contributed by atoms with E-state index in [4.69, 9.17) is 17.2 Å². The Kier molecular flexibility index (Phi) is 6.03. The van der Waals surface area contributed by atoms with Crippen molar-refractivity contribution in [3.63, 3.8) is 0 Å². The summed E-state index contributed by atoms with van der Waals surface area (Å²) in [6.45, 7) is 5.02. The van der Waals surface area contributed by atoms with Crippen LogP contribution in [0.25, 0.3) is 11.7 Å². The van der Waals surface area contributed by atoms with E-state index in [0.29, 0.717) is 45.8 Å². The first-order valence-corrected chi connectivity index (χ1v) is 14.1. The minimum Gasteiger partial charge on any atom is -0.353 e. The molecule has 0 N–H and O–H groups in total. The van der Waals surface area contributed by atoms with Crippen LogP contribution in [0.5, 0.6) is 0 Å². The zero-order valence-electron chi connectivity index (χ0n) is 18.9. The molecule has 180 valence electrons. The highest BCUT2D eigenvalue weighted by atomic mass is 32.2. The Morgan fingerprint density at radius 2 is 1.94 bits per heavy atom. The number of pyridine rings is 1. The van der Waals surface area contributed by atoms with Crippen LogP contribution in [0.3, 0.4) is 0 Å². The van der Waals surface area contributed by atoms with Gasteiger partial charge in [-0.2, -0.15) is 0 Å². The Labute approximate surface area is 207 Å². The topological polar surface area (TPSA) is 95.3 Å². The maximum Gasteiger partial charge on any atom is 0.267 e. The van der Waals surface area contributed by atoms with E-state index in [1.54, 1.807) is 18.3 Å². The van der Waals surface area contributed by atoms with Crippen LogP contribution in [0.15, 0.2) is 28.0 Å². The number of carbonyl (C=O) groups is 1. The second-order valence-corrected chi connectivity index (χ2v) is 12.8. The van der Waals surface area contributed by atoms with Gasteiger partial charge in [0, 0.05) is 32.4 Å². The van der Waals surface area contributed by atoms with Crippen LogP contribution < -0.4 is 10.5 Å². The Hall–Kier alpha value is -2.28. The van der Waals surface area contributed by atoms with E-state index in [2.05, 4.69) is 16.8 Å². The predicted octanol–water partition coefficient (Wildman–Crippen LogP) is 1.14. The minimum absolute atomic E-state index is 0.0522. The molecule has 3 aliphatic heterocycles. The molecular weight excluding hydrogens is 494 g/mol. The molecule has 1 atom stereocenters. The largest absolute Gasteiger partial charge is 0.353 e. The molecule has 5 heterocycles. The molecule has 0 bridgehead atoms. The second-order valence-electron chi connectivity index (χ2n) is 8.94. The van der Waals surface area contributed by atoms with Crippen molar-refractivity contribution in [2.75, 3.05) is 49.6 Å². The standard InChI is InChI=1S/C22H25N5O4S3/c1-14-4-3-6-26-18(14)23-19(25-9-7-24(2)8-10-25)16(20(26)28)12-17-21(29)27(22(32)33-17)15-5-11-34(30,31)13-15/h3-4,6,12,15H,5,7-11,13H2,1-2H3/b17-12+. The quantitative estimate of drug-likeness (QED) is 0.437. The Morgan fingerprint density at radius 1 is 1.21 bits per heavy atom. The number of anilines is 1. The van der Waals surface area contributed by atoms with Crippen molar-refractivity contribution in [1.82, 2.24) is 19.2 Å². The fourth-order valence-electron chi connectivity index (χ4n) is 4.59. The van der Waals surface area contributed by atoms with E-state index in [-0.39, 0.29) is 23.0 Å². The van der Waals surface area contributed by atoms with Crippen molar-refractivity contribution < 1.29 is 13.2 Å². The van der Waals surface area contributed by atoms with E-state index in [1.165, 1.54) is 9.30 Å². The first kappa shape index (κ1) is 23.5. The number of hydrogen-bond donors (Lipinski definition) is 0. The smallest absolute Gasteiger partial charge is 0.267 e. The number of sulfone groups is 1. The average molecular weight is 520 g/mol. The van der Waals surface area contributed by atoms with Gasteiger partial charge in [0.25, 0.3) is 11.5 Å². The summed E-state index contributed by atoms with van der Waals surface area (Å²) in [5, 5.41) is 0. The van der Waals surface area contributed by atoms with Crippen LogP contribution in [0.2, 0.25) is 0 Å². The highest BCUT2D eigenvalue weighted by Crippen LogP contribution is 2.37. The van der Waals surface area contributed by atoms with Gasteiger partial charge in [0.15, 0.2) is 9.84 Å². The predicted molar refractivity (Wildman–Crippen MR) is 138 cm³/mol. The molecule has 1 amide bonds. The van der Waals surface area contributed by atoms with Crippen molar-refractivity contribution >= 4 is 61.6 Å². The highest BCUT2D eigenvalue weighted by molar-refractivity contribution is 8.26. The van der Waals surface area contributed by atoms with E-state index in [0.717, 1.165) is 30.4 Å². The lowest BCUT2D eigenvalue weighted by atomic mass is 10.2. The monoisotopic (exact) mass is 519 g/mol. The van der Waals surface area contributed by atoms with Gasteiger partial charge in [-0.3, -0.25) is 18.9 Å². The molecule has 34 heavy (non-hydrogen) atoms. The highest BCUT2D eigenvalue weighted by Gasteiger charge is 2.42. The van der Waals surface area contributed by atoms with Gasteiger partial charge in [0.1, 0.15) is 15.8 Å². The number of thioether (sulfide) groups is 1. The van der Waals surface area contributed by atoms with Crippen molar-refractivity contribution in [2.45, 2.75) is 19.4 Å². The maximum atomic E-state index is 13.6. The van der Waals surface area contributed by atoms with Crippen molar-refractivity contribution in [3.8, 4) is 0 Å². The molecule has 0 aromatic carbocycles. The fraction of sp³-hybridized carbons (Fsp3) is 0.455. The van der Waals surface area contributed by atoms with Gasteiger partial charge in [-0.15, -0.1) is 0 Å². The molecule has 3 saturated heterocycles.